The van der Waals surface area contributed by atoms with Gasteiger partial charge in [0, 0.05) is 6.20 Å². The number of nitrogens with two attached hydrogens (primary N) is 1. The summed E-state index contributed by atoms with van der Waals surface area (Å²) in [5.41, 5.74) is -0.792. The van der Waals surface area contributed by atoms with E-state index in [0.29, 0.717) is 22.9 Å². The van der Waals surface area contributed by atoms with Crippen LogP contribution in [0.3, 0.4) is 0 Å². The summed E-state index contributed by atoms with van der Waals surface area (Å²) in [5, 5.41) is 5.32. The van der Waals surface area contributed by atoms with Gasteiger partial charge in [0.25, 0.3) is 6.43 Å². The second-order valence-corrected chi connectivity index (χ2v) is 10.0. The zero-order valence-corrected chi connectivity index (χ0v) is 20.4. The molecule has 3 rings (SSSR count). The fourth-order valence-electron chi connectivity index (χ4n) is 3.97. The van der Waals surface area contributed by atoms with Crippen LogP contribution in [0.25, 0.3) is 11.4 Å². The third kappa shape index (κ3) is 5.96. The maximum Gasteiger partial charge on any atom is 0.251 e. The highest BCUT2D eigenvalue weighted by molar-refractivity contribution is 7.89. The van der Waals surface area contributed by atoms with Gasteiger partial charge in [0.2, 0.25) is 10.0 Å². The highest BCUT2D eigenvalue weighted by atomic mass is 32.2. The Morgan fingerprint density at radius 3 is 2.34 bits per heavy atom. The van der Waals surface area contributed by atoms with Crippen LogP contribution in [0.5, 0.6) is 5.75 Å². The maximum atomic E-state index is 14.8. The standard InChI is InChI=1S/C24H27F3N4O3S/c1-15(13-25)12-24(23(26)27,18-6-4-5-7-22(18)35(28,32)33)14-34-21-9-8-19(30-16(21)2)20-10-11-29-17(3)31-20/h4-11,15,23H,12-14H2,1-3H3,(H2,28,32,33). The molecule has 0 fully saturated rings. The minimum Gasteiger partial charge on any atom is -0.491 e. The summed E-state index contributed by atoms with van der Waals surface area (Å²) in [6, 6.07) is 10.2. The highest BCUT2D eigenvalue weighted by Crippen LogP contribution is 2.41. The Morgan fingerprint density at radius 1 is 1.06 bits per heavy atom. The lowest BCUT2D eigenvalue weighted by Gasteiger charge is -2.36. The quantitative estimate of drug-likeness (QED) is 0.435. The molecule has 0 saturated carbocycles. The van der Waals surface area contributed by atoms with E-state index in [1.165, 1.54) is 25.1 Å². The summed E-state index contributed by atoms with van der Waals surface area (Å²) in [4.78, 5) is 12.4. The van der Waals surface area contributed by atoms with Crippen molar-refractivity contribution >= 4 is 10.0 Å². The Balaban J connectivity index is 2.02. The number of ether oxygens (including phenoxy) is 1. The molecule has 35 heavy (non-hydrogen) atoms. The summed E-state index contributed by atoms with van der Waals surface area (Å²) in [7, 11) is -4.33. The van der Waals surface area contributed by atoms with Gasteiger partial charge in [0.15, 0.2) is 0 Å². The number of benzene rings is 1. The number of rotatable bonds is 10. The van der Waals surface area contributed by atoms with E-state index >= 15 is 0 Å². The third-order valence-electron chi connectivity index (χ3n) is 5.68. The van der Waals surface area contributed by atoms with Crippen molar-refractivity contribution in [2.75, 3.05) is 13.3 Å². The van der Waals surface area contributed by atoms with Gasteiger partial charge in [-0.2, -0.15) is 0 Å². The molecule has 0 aliphatic rings. The largest absolute Gasteiger partial charge is 0.491 e. The number of pyridine rings is 1. The molecule has 2 aromatic heterocycles. The maximum absolute atomic E-state index is 14.8. The van der Waals surface area contributed by atoms with E-state index in [1.54, 1.807) is 38.2 Å². The lowest BCUT2D eigenvalue weighted by molar-refractivity contribution is 0.00179. The molecule has 3 aromatic rings. The van der Waals surface area contributed by atoms with Crippen LogP contribution in [0.15, 0.2) is 53.6 Å². The van der Waals surface area contributed by atoms with Gasteiger partial charge in [0.1, 0.15) is 18.2 Å². The highest BCUT2D eigenvalue weighted by Gasteiger charge is 2.46. The van der Waals surface area contributed by atoms with E-state index in [1.807, 2.05) is 0 Å². The number of hydrogen-bond acceptors (Lipinski definition) is 6. The van der Waals surface area contributed by atoms with Crippen molar-refractivity contribution < 1.29 is 26.3 Å². The minimum atomic E-state index is -4.33. The first-order chi connectivity index (χ1) is 16.5. The SMILES string of the molecule is Cc1nccc(-c2ccc(OCC(CC(C)CF)(c3ccccc3S(N)(=O)=O)C(F)F)c(C)n2)n1. The first kappa shape index (κ1) is 26.6. The predicted octanol–water partition coefficient (Wildman–Crippen LogP) is 4.38. The minimum absolute atomic E-state index is 0.212. The van der Waals surface area contributed by atoms with Gasteiger partial charge in [-0.05, 0) is 56.0 Å². The summed E-state index contributed by atoms with van der Waals surface area (Å²) in [6.45, 7) is 3.40. The Kier molecular flexibility index (Phi) is 8.11. The monoisotopic (exact) mass is 508 g/mol. The number of sulfonamides is 1. The van der Waals surface area contributed by atoms with Crippen LogP contribution in [0.4, 0.5) is 13.2 Å². The van der Waals surface area contributed by atoms with Crippen LogP contribution >= 0.6 is 0 Å². The molecule has 0 radical (unpaired) electrons. The second kappa shape index (κ2) is 10.7. The molecule has 0 spiro atoms. The molecule has 11 heteroatoms. The van der Waals surface area contributed by atoms with Crippen LogP contribution < -0.4 is 9.88 Å². The number of aryl methyl sites for hydroxylation is 2. The number of aromatic nitrogens is 3. The van der Waals surface area contributed by atoms with Crippen molar-refractivity contribution in [2.45, 2.75) is 43.9 Å². The molecule has 0 saturated heterocycles. The molecule has 1 aromatic carbocycles. The van der Waals surface area contributed by atoms with Crippen LogP contribution in [0.2, 0.25) is 0 Å². The Morgan fingerprint density at radius 2 is 1.74 bits per heavy atom. The molecule has 0 aliphatic carbocycles. The van der Waals surface area contributed by atoms with Gasteiger partial charge in [-0.15, -0.1) is 0 Å². The number of primary sulfonamides is 1. The second-order valence-electron chi connectivity index (χ2n) is 8.52. The average Bonchev–Trinajstić information content (AvgIpc) is 2.81. The fraction of sp³-hybridized carbons (Fsp3) is 0.375. The van der Waals surface area contributed by atoms with Crippen molar-refractivity contribution in [3.63, 3.8) is 0 Å². The zero-order chi connectivity index (χ0) is 25.8. The Hall–Kier alpha value is -3.05. The van der Waals surface area contributed by atoms with Crippen molar-refractivity contribution in [3.8, 4) is 17.1 Å². The molecule has 7 nitrogen and oxygen atoms in total. The number of alkyl halides is 3. The molecule has 0 bridgehead atoms. The average molecular weight is 509 g/mol. The first-order valence-electron chi connectivity index (χ1n) is 10.8. The van der Waals surface area contributed by atoms with E-state index in [-0.39, 0.29) is 17.7 Å². The Labute approximate surface area is 202 Å². The molecule has 2 unspecified atom stereocenters. The van der Waals surface area contributed by atoms with Crippen molar-refractivity contribution in [2.24, 2.45) is 11.1 Å². The molecule has 0 amide bonds. The van der Waals surface area contributed by atoms with Crippen molar-refractivity contribution in [3.05, 3.63) is 65.7 Å². The van der Waals surface area contributed by atoms with E-state index in [2.05, 4.69) is 15.0 Å². The number of hydrogen-bond donors (Lipinski definition) is 1. The number of halogens is 3. The van der Waals surface area contributed by atoms with Gasteiger partial charge in [-0.3, -0.25) is 4.39 Å². The lowest BCUT2D eigenvalue weighted by Crippen LogP contribution is -2.44. The molecular weight excluding hydrogens is 481 g/mol. The number of nitrogens with zero attached hydrogens (tertiary/aromatic N) is 3. The molecule has 0 aliphatic heterocycles. The van der Waals surface area contributed by atoms with Gasteiger partial charge in [0.05, 0.1) is 34.1 Å². The Bertz CT molecular complexity index is 1290. The molecule has 2 heterocycles. The zero-order valence-electron chi connectivity index (χ0n) is 19.6. The van der Waals surface area contributed by atoms with Gasteiger partial charge in [-0.25, -0.2) is 37.3 Å². The van der Waals surface area contributed by atoms with Gasteiger partial charge in [-0.1, -0.05) is 25.1 Å². The van der Waals surface area contributed by atoms with Crippen LogP contribution in [0, 0.1) is 19.8 Å². The summed E-state index contributed by atoms with van der Waals surface area (Å²) in [5.74, 6) is 0.00813. The van der Waals surface area contributed by atoms with Gasteiger partial charge >= 0.3 is 0 Å². The predicted molar refractivity (Wildman–Crippen MR) is 125 cm³/mol. The van der Waals surface area contributed by atoms with Crippen LogP contribution in [-0.2, 0) is 15.4 Å². The van der Waals surface area contributed by atoms with Gasteiger partial charge < -0.3 is 4.74 Å². The topological polar surface area (TPSA) is 108 Å². The summed E-state index contributed by atoms with van der Waals surface area (Å²) >= 11 is 0. The van der Waals surface area contributed by atoms with Crippen LogP contribution in [-0.4, -0.2) is 43.1 Å². The third-order valence-corrected chi connectivity index (χ3v) is 6.65. The molecule has 188 valence electrons. The smallest absolute Gasteiger partial charge is 0.251 e. The van der Waals surface area contributed by atoms with E-state index in [0.717, 1.165) is 6.07 Å². The summed E-state index contributed by atoms with van der Waals surface area (Å²) in [6.07, 6.45) is -1.83. The van der Waals surface area contributed by atoms with Crippen molar-refractivity contribution in [1.29, 1.82) is 0 Å². The first-order valence-corrected chi connectivity index (χ1v) is 12.4. The molecule has 2 N–H and O–H groups in total. The van der Waals surface area contributed by atoms with E-state index < -0.39 is 46.0 Å². The summed E-state index contributed by atoms with van der Waals surface area (Å²) < 4.78 is 73.2. The van der Waals surface area contributed by atoms with Crippen molar-refractivity contribution in [1.82, 2.24) is 15.0 Å². The van der Waals surface area contributed by atoms with E-state index in [4.69, 9.17) is 9.88 Å². The normalized spacial score (nSPS) is 14.5. The molecular formula is C24H27F3N4O3S. The van der Waals surface area contributed by atoms with E-state index in [9.17, 15) is 21.6 Å². The van der Waals surface area contributed by atoms with Crippen LogP contribution in [0.1, 0.15) is 30.4 Å². The lowest BCUT2D eigenvalue weighted by atomic mass is 9.75. The fourth-order valence-corrected chi connectivity index (χ4v) is 4.81. The molecule has 2 atom stereocenters.